The van der Waals surface area contributed by atoms with E-state index < -0.39 is 6.10 Å². The van der Waals surface area contributed by atoms with Crippen LogP contribution in [0.5, 0.6) is 5.75 Å². The van der Waals surface area contributed by atoms with Gasteiger partial charge in [-0.3, -0.25) is 4.98 Å². The van der Waals surface area contributed by atoms with E-state index in [9.17, 15) is 5.11 Å². The maximum Gasteiger partial charge on any atom is 0.128 e. The number of methoxy groups -OCH3 is 1. The van der Waals surface area contributed by atoms with Gasteiger partial charge in [-0.15, -0.1) is 11.3 Å². The molecule has 2 heterocycles. The van der Waals surface area contributed by atoms with Crippen LogP contribution in [0.2, 0.25) is 0 Å². The topological polar surface area (TPSA) is 42.4 Å². The van der Waals surface area contributed by atoms with E-state index in [-0.39, 0.29) is 0 Å². The summed E-state index contributed by atoms with van der Waals surface area (Å²) in [6, 6.07) is 1.93. The second-order valence-corrected chi connectivity index (χ2v) is 7.79. The average Bonchev–Trinajstić information content (AvgIpc) is 2.74. The van der Waals surface area contributed by atoms with Gasteiger partial charge in [0.15, 0.2) is 0 Å². The van der Waals surface area contributed by atoms with Crippen molar-refractivity contribution in [2.75, 3.05) is 7.11 Å². The molecule has 2 rings (SSSR count). The summed E-state index contributed by atoms with van der Waals surface area (Å²) >= 11 is 8.40. The van der Waals surface area contributed by atoms with Gasteiger partial charge in [-0.2, -0.15) is 0 Å². The Kier molecular flexibility index (Phi) is 5.23. The standard InChI is InChI=1S/C14H15Br2NO2S/c1-7-6-17-10(8(2)13(7)19-3)5-11(18)12-4-9(15)14(16)20-12/h4,6,11,18H,5H2,1-3H3. The minimum Gasteiger partial charge on any atom is -0.496 e. The normalized spacial score (nSPS) is 12.5. The van der Waals surface area contributed by atoms with E-state index in [4.69, 9.17) is 4.74 Å². The molecule has 0 aliphatic rings. The number of hydrogen-bond donors (Lipinski definition) is 1. The van der Waals surface area contributed by atoms with Gasteiger partial charge in [0, 0.05) is 38.8 Å². The van der Waals surface area contributed by atoms with Crippen molar-refractivity contribution in [3.8, 4) is 5.75 Å². The smallest absolute Gasteiger partial charge is 0.128 e. The number of pyridine rings is 1. The van der Waals surface area contributed by atoms with E-state index in [0.717, 1.165) is 35.7 Å². The second-order valence-electron chi connectivity index (χ2n) is 4.54. The predicted molar refractivity (Wildman–Crippen MR) is 88.6 cm³/mol. The number of thiophene rings is 1. The molecular weight excluding hydrogens is 406 g/mol. The van der Waals surface area contributed by atoms with Gasteiger partial charge in [0.1, 0.15) is 5.75 Å². The Hall–Kier alpha value is -0.430. The Balaban J connectivity index is 2.26. The first-order valence-corrected chi connectivity index (χ1v) is 8.46. The van der Waals surface area contributed by atoms with Crippen molar-refractivity contribution >= 4 is 43.2 Å². The molecule has 1 atom stereocenters. The van der Waals surface area contributed by atoms with Crippen LogP contribution < -0.4 is 4.74 Å². The Morgan fingerprint density at radius 1 is 1.40 bits per heavy atom. The highest BCUT2D eigenvalue weighted by atomic mass is 79.9. The van der Waals surface area contributed by atoms with Gasteiger partial charge >= 0.3 is 0 Å². The quantitative estimate of drug-likeness (QED) is 0.787. The number of aromatic nitrogens is 1. The molecule has 0 radical (unpaired) electrons. The highest BCUT2D eigenvalue weighted by molar-refractivity contribution is 9.13. The van der Waals surface area contributed by atoms with Crippen molar-refractivity contribution in [1.29, 1.82) is 0 Å². The number of aryl methyl sites for hydroxylation is 1. The SMILES string of the molecule is COc1c(C)cnc(CC(O)c2cc(Br)c(Br)s2)c1C. The Morgan fingerprint density at radius 3 is 2.65 bits per heavy atom. The summed E-state index contributed by atoms with van der Waals surface area (Å²) in [5.74, 6) is 0.843. The molecule has 1 N–H and O–H groups in total. The highest BCUT2D eigenvalue weighted by Gasteiger charge is 2.17. The maximum atomic E-state index is 10.4. The molecule has 3 nitrogen and oxygen atoms in total. The lowest BCUT2D eigenvalue weighted by molar-refractivity contribution is 0.180. The van der Waals surface area contributed by atoms with Crippen LogP contribution in [-0.4, -0.2) is 17.2 Å². The van der Waals surface area contributed by atoms with Gasteiger partial charge in [0.2, 0.25) is 0 Å². The monoisotopic (exact) mass is 419 g/mol. The molecule has 0 spiro atoms. The van der Waals surface area contributed by atoms with Gasteiger partial charge in [-0.1, -0.05) is 0 Å². The van der Waals surface area contributed by atoms with E-state index in [2.05, 4.69) is 36.8 Å². The van der Waals surface area contributed by atoms with Crippen LogP contribution in [0.4, 0.5) is 0 Å². The van der Waals surface area contributed by atoms with Crippen molar-refractivity contribution in [3.63, 3.8) is 0 Å². The lowest BCUT2D eigenvalue weighted by Crippen LogP contribution is -2.05. The van der Waals surface area contributed by atoms with Crippen LogP contribution >= 0.6 is 43.2 Å². The van der Waals surface area contributed by atoms with E-state index in [1.165, 1.54) is 11.3 Å². The molecule has 0 fully saturated rings. The zero-order valence-electron chi connectivity index (χ0n) is 11.4. The lowest BCUT2D eigenvalue weighted by atomic mass is 10.1. The van der Waals surface area contributed by atoms with Crippen LogP contribution in [0.15, 0.2) is 20.5 Å². The van der Waals surface area contributed by atoms with Crippen LogP contribution in [0.3, 0.4) is 0 Å². The lowest BCUT2D eigenvalue weighted by Gasteiger charge is -2.14. The van der Waals surface area contributed by atoms with Gasteiger partial charge < -0.3 is 9.84 Å². The Morgan fingerprint density at radius 2 is 2.10 bits per heavy atom. The summed E-state index contributed by atoms with van der Waals surface area (Å²) in [4.78, 5) is 5.33. The van der Waals surface area contributed by atoms with Crippen LogP contribution in [0.25, 0.3) is 0 Å². The number of hydrogen-bond acceptors (Lipinski definition) is 4. The number of nitrogens with zero attached hydrogens (tertiary/aromatic N) is 1. The predicted octanol–water partition coefficient (Wildman–Crippen LogP) is 4.57. The second kappa shape index (κ2) is 6.56. The number of ether oxygens (including phenoxy) is 1. The number of halogens is 2. The molecule has 0 aliphatic carbocycles. The maximum absolute atomic E-state index is 10.4. The van der Waals surface area contributed by atoms with Gasteiger partial charge in [-0.05, 0) is 51.8 Å². The third-order valence-electron chi connectivity index (χ3n) is 3.13. The molecule has 2 aromatic rings. The van der Waals surface area contributed by atoms with Crippen LogP contribution in [-0.2, 0) is 6.42 Å². The van der Waals surface area contributed by atoms with Crippen LogP contribution in [0, 0.1) is 13.8 Å². The molecule has 20 heavy (non-hydrogen) atoms. The van der Waals surface area contributed by atoms with Crippen LogP contribution in [0.1, 0.15) is 27.8 Å². The number of rotatable bonds is 4. The molecule has 0 aromatic carbocycles. The first kappa shape index (κ1) is 15.9. The van der Waals surface area contributed by atoms with Crippen molar-refractivity contribution < 1.29 is 9.84 Å². The van der Waals surface area contributed by atoms with E-state index >= 15 is 0 Å². The summed E-state index contributed by atoms with van der Waals surface area (Å²) in [5, 5.41) is 10.4. The zero-order valence-corrected chi connectivity index (χ0v) is 15.4. The minimum atomic E-state index is -0.568. The Bertz CT molecular complexity index is 608. The van der Waals surface area contributed by atoms with Gasteiger partial charge in [0.25, 0.3) is 0 Å². The molecule has 0 amide bonds. The minimum absolute atomic E-state index is 0.474. The fourth-order valence-corrected chi connectivity index (χ4v) is 4.16. The van der Waals surface area contributed by atoms with E-state index in [0.29, 0.717) is 6.42 Å². The molecular formula is C14H15Br2NO2S. The molecule has 0 bridgehead atoms. The molecule has 6 heteroatoms. The summed E-state index contributed by atoms with van der Waals surface area (Å²) in [5.41, 5.74) is 2.85. The summed E-state index contributed by atoms with van der Waals surface area (Å²) in [6.07, 6.45) is 1.69. The van der Waals surface area contributed by atoms with E-state index in [1.807, 2.05) is 19.9 Å². The largest absolute Gasteiger partial charge is 0.496 e. The molecule has 0 saturated heterocycles. The summed E-state index contributed by atoms with van der Waals surface area (Å²) in [6.45, 7) is 3.94. The van der Waals surface area contributed by atoms with Crippen molar-refractivity contribution in [1.82, 2.24) is 4.98 Å². The Labute approximate surface area is 139 Å². The molecule has 0 aliphatic heterocycles. The molecule has 108 valence electrons. The van der Waals surface area contributed by atoms with Gasteiger partial charge in [-0.25, -0.2) is 0 Å². The molecule has 0 saturated carbocycles. The zero-order chi connectivity index (χ0) is 14.9. The van der Waals surface area contributed by atoms with Crippen molar-refractivity contribution in [2.45, 2.75) is 26.4 Å². The fourth-order valence-electron chi connectivity index (χ4n) is 2.09. The number of aliphatic hydroxyl groups excluding tert-OH is 1. The third-order valence-corrected chi connectivity index (χ3v) is 6.49. The van der Waals surface area contributed by atoms with Crippen molar-refractivity contribution in [3.05, 3.63) is 42.2 Å². The molecule has 1 unspecified atom stereocenters. The first-order chi connectivity index (χ1) is 9.43. The average molecular weight is 421 g/mol. The first-order valence-electron chi connectivity index (χ1n) is 6.06. The van der Waals surface area contributed by atoms with Crippen molar-refractivity contribution in [2.24, 2.45) is 0 Å². The number of aliphatic hydroxyl groups is 1. The van der Waals surface area contributed by atoms with E-state index in [1.54, 1.807) is 13.3 Å². The third kappa shape index (κ3) is 3.24. The summed E-state index contributed by atoms with van der Waals surface area (Å²) in [7, 11) is 1.66. The fraction of sp³-hybridized carbons (Fsp3) is 0.357. The summed E-state index contributed by atoms with van der Waals surface area (Å²) < 4.78 is 7.34. The van der Waals surface area contributed by atoms with Gasteiger partial charge in [0.05, 0.1) is 17.0 Å². The highest BCUT2D eigenvalue weighted by Crippen LogP contribution is 2.37. The molecule has 2 aromatic heterocycles.